The summed E-state index contributed by atoms with van der Waals surface area (Å²) in [6.07, 6.45) is -6.96. The summed E-state index contributed by atoms with van der Waals surface area (Å²) in [6.45, 7) is 0. The van der Waals surface area contributed by atoms with Gasteiger partial charge in [0, 0.05) is 18.2 Å². The Bertz CT molecular complexity index is 213. The third-order valence-corrected chi connectivity index (χ3v) is 0.479. The van der Waals surface area contributed by atoms with Gasteiger partial charge in [-0.05, 0) is 6.42 Å². The van der Waals surface area contributed by atoms with Gasteiger partial charge in [-0.15, -0.1) is 0 Å². The van der Waals surface area contributed by atoms with Crippen molar-refractivity contribution in [3.05, 3.63) is 0 Å². The minimum Gasteiger partial charge on any atom is -0.481 e. The smallest absolute Gasteiger partial charge is 0.303 e. The van der Waals surface area contributed by atoms with Crippen LogP contribution in [0.25, 0.3) is 0 Å². The van der Waals surface area contributed by atoms with Gasteiger partial charge in [0.1, 0.15) is 0 Å². The minimum atomic E-state index is -2.87. The number of carboxylic acid groups (broad SMARTS) is 2. The lowest BCUT2D eigenvalue weighted by atomic mass is 10.2. The first kappa shape index (κ1) is 3.20. The van der Waals surface area contributed by atoms with Crippen LogP contribution in [0.5, 0.6) is 0 Å². The predicted molar refractivity (Wildman–Crippen MR) is 29.1 cm³/mol. The van der Waals surface area contributed by atoms with Crippen LogP contribution in [0.15, 0.2) is 0 Å². The maximum absolute atomic E-state index is 10.2. The number of hydrogen-bond donors (Lipinski definition) is 2. The van der Waals surface area contributed by atoms with Crippen molar-refractivity contribution < 1.29 is 25.3 Å². The quantitative estimate of drug-likeness (QED) is 0.583. The first-order chi connectivity index (χ1) is 5.59. The highest BCUT2D eigenvalue weighted by Gasteiger charge is 1.99. The summed E-state index contributed by atoms with van der Waals surface area (Å²) in [7, 11) is 0. The first-order valence-corrected chi connectivity index (χ1v) is 2.06. The molecular formula is C5H8O4. The molecule has 0 aromatic carbocycles. The molecule has 0 aliphatic heterocycles. The molecule has 4 nitrogen and oxygen atoms in total. The minimum absolute atomic E-state index is 1.22. The fourth-order valence-corrected chi connectivity index (χ4v) is 0.195. The molecule has 0 saturated heterocycles. The van der Waals surface area contributed by atoms with Gasteiger partial charge in [-0.25, -0.2) is 0 Å². The Morgan fingerprint density at radius 2 is 1.56 bits per heavy atom. The van der Waals surface area contributed by atoms with Gasteiger partial charge in [0.25, 0.3) is 0 Å². The van der Waals surface area contributed by atoms with E-state index in [1.807, 2.05) is 0 Å². The average molecular weight is 136 g/mol. The molecule has 52 valence electrons. The zero-order valence-electron chi connectivity index (χ0n) is 8.42. The molecule has 0 spiro atoms. The fraction of sp³-hybridized carbons (Fsp3) is 0.600. The monoisotopic (exact) mass is 136 g/mol. The van der Waals surface area contributed by atoms with Crippen molar-refractivity contribution in [2.45, 2.75) is 19.2 Å². The van der Waals surface area contributed by atoms with E-state index < -0.39 is 31.1 Å². The molecule has 9 heavy (non-hydrogen) atoms. The summed E-state index contributed by atoms with van der Waals surface area (Å²) in [5.41, 5.74) is 0. The Balaban J connectivity index is 4.61. The van der Waals surface area contributed by atoms with E-state index in [0.717, 1.165) is 0 Å². The Morgan fingerprint density at radius 1 is 1.22 bits per heavy atom. The second-order valence-electron chi connectivity index (χ2n) is 1.14. The molecule has 0 heterocycles. The molecule has 0 aliphatic rings. The van der Waals surface area contributed by atoms with Gasteiger partial charge in [-0.1, -0.05) is 0 Å². The topological polar surface area (TPSA) is 74.6 Å². The molecule has 0 bridgehead atoms. The van der Waals surface area contributed by atoms with Crippen LogP contribution in [-0.2, 0) is 9.59 Å². The van der Waals surface area contributed by atoms with Gasteiger partial charge in [-0.3, -0.25) is 9.59 Å². The zero-order chi connectivity index (χ0) is 10.9. The van der Waals surface area contributed by atoms with Gasteiger partial charge >= 0.3 is 11.9 Å². The lowest BCUT2D eigenvalue weighted by molar-refractivity contribution is -0.138. The Labute approximate surface area is 57.7 Å². The highest BCUT2D eigenvalue weighted by molar-refractivity contribution is 5.69. The second kappa shape index (κ2) is 3.88. The van der Waals surface area contributed by atoms with Gasteiger partial charge in [0.05, 0.1) is 0 Å². The second-order valence-corrected chi connectivity index (χ2v) is 1.14. The van der Waals surface area contributed by atoms with Crippen molar-refractivity contribution in [3.8, 4) is 0 Å². The number of hydrogen-bond acceptors (Lipinski definition) is 2. The average Bonchev–Trinajstić information content (AvgIpc) is 1.83. The van der Waals surface area contributed by atoms with Crippen LogP contribution in [0.2, 0.25) is 0 Å². The molecule has 0 radical (unpaired) electrons. The normalized spacial score (nSPS) is 18.7. The fourth-order valence-electron chi connectivity index (χ4n) is 0.195. The summed E-state index contributed by atoms with van der Waals surface area (Å²) in [5.74, 6) is -3.75. The van der Waals surface area contributed by atoms with Crippen LogP contribution in [0.4, 0.5) is 0 Å². The van der Waals surface area contributed by atoms with E-state index in [-0.39, 0.29) is 0 Å². The maximum Gasteiger partial charge on any atom is 0.303 e. The summed E-state index contributed by atoms with van der Waals surface area (Å²) in [6, 6.07) is 0. The highest BCUT2D eigenvalue weighted by Crippen LogP contribution is 1.93. The zero-order valence-corrected chi connectivity index (χ0v) is 4.42. The molecule has 0 aromatic heterocycles. The summed E-state index contributed by atoms with van der Waals surface area (Å²) in [4.78, 5) is 20.4. The summed E-state index contributed by atoms with van der Waals surface area (Å²) in [5, 5.41) is 16.5. The Kier molecular flexibility index (Phi) is 1.38. The van der Waals surface area contributed by atoms with Crippen molar-refractivity contribution in [1.29, 1.82) is 0 Å². The van der Waals surface area contributed by atoms with Crippen molar-refractivity contribution >= 4 is 11.9 Å². The first-order valence-electron chi connectivity index (χ1n) is 4.06. The van der Waals surface area contributed by atoms with Crippen LogP contribution in [0.1, 0.15) is 24.6 Å². The maximum atomic E-state index is 10.2. The number of carbonyl (C=O) groups is 2. The van der Waals surface area contributed by atoms with Crippen LogP contribution in [-0.4, -0.2) is 22.2 Å². The molecule has 0 unspecified atom stereocenters. The molecule has 0 saturated carbocycles. The summed E-state index contributed by atoms with van der Waals surface area (Å²) >= 11 is 0. The van der Waals surface area contributed by atoms with Crippen LogP contribution in [0.3, 0.4) is 0 Å². The molecule has 0 fully saturated rings. The van der Waals surface area contributed by atoms with E-state index in [2.05, 4.69) is 0 Å². The van der Waals surface area contributed by atoms with Crippen molar-refractivity contribution in [2.24, 2.45) is 0 Å². The third kappa shape index (κ3) is 6.94. The van der Waals surface area contributed by atoms with Crippen molar-refractivity contribution in [1.82, 2.24) is 0 Å². The SMILES string of the molecule is [2H]C([2H])(CC([2H])([2H])C(=O)O)C(=O)O. The molecule has 0 aliphatic carbocycles. The van der Waals surface area contributed by atoms with Gasteiger partial charge < -0.3 is 10.2 Å². The van der Waals surface area contributed by atoms with E-state index in [1.54, 1.807) is 0 Å². The van der Waals surface area contributed by atoms with E-state index in [1.165, 1.54) is 0 Å². The van der Waals surface area contributed by atoms with Crippen LogP contribution < -0.4 is 0 Å². The van der Waals surface area contributed by atoms with E-state index >= 15 is 0 Å². The van der Waals surface area contributed by atoms with E-state index in [0.29, 0.717) is 0 Å². The third-order valence-electron chi connectivity index (χ3n) is 0.479. The van der Waals surface area contributed by atoms with Gasteiger partial charge in [0.15, 0.2) is 0 Å². The Hall–Kier alpha value is -1.06. The molecule has 0 atom stereocenters. The predicted octanol–water partition coefficient (Wildman–Crippen LogP) is 0.326. The van der Waals surface area contributed by atoms with Crippen molar-refractivity contribution in [2.75, 3.05) is 0 Å². The Morgan fingerprint density at radius 3 is 1.78 bits per heavy atom. The lowest BCUT2D eigenvalue weighted by Gasteiger charge is -1.89. The van der Waals surface area contributed by atoms with E-state index in [9.17, 15) is 9.59 Å². The number of aliphatic carboxylic acids is 2. The number of rotatable bonds is 4. The number of carboxylic acids is 2. The largest absolute Gasteiger partial charge is 0.481 e. The van der Waals surface area contributed by atoms with Crippen LogP contribution >= 0.6 is 0 Å². The standard InChI is InChI=1S/C5H8O4/c6-4(7)2-1-3-5(8)9/h1-3H2,(H,6,7)(H,8,9)/i2D2,3D2. The van der Waals surface area contributed by atoms with Crippen LogP contribution in [0, 0.1) is 0 Å². The molecule has 0 rings (SSSR count). The van der Waals surface area contributed by atoms with Gasteiger partial charge in [-0.2, -0.15) is 0 Å². The highest BCUT2D eigenvalue weighted by atomic mass is 16.4. The molecule has 2 N–H and O–H groups in total. The van der Waals surface area contributed by atoms with Gasteiger partial charge in [0.2, 0.25) is 0 Å². The molecular weight excluding hydrogens is 124 g/mol. The lowest BCUT2D eigenvalue weighted by Crippen LogP contribution is -1.98. The molecule has 0 aromatic rings. The van der Waals surface area contributed by atoms with Crippen molar-refractivity contribution in [3.63, 3.8) is 0 Å². The molecule has 4 heteroatoms. The van der Waals surface area contributed by atoms with E-state index in [4.69, 9.17) is 15.7 Å². The molecule has 0 amide bonds. The summed E-state index contributed by atoms with van der Waals surface area (Å²) < 4.78 is 27.2.